The zero-order valence-corrected chi connectivity index (χ0v) is 30.0. The van der Waals surface area contributed by atoms with Gasteiger partial charge in [-0.3, -0.25) is 9.59 Å². The molecule has 0 atom stereocenters. The number of fused-ring (bicyclic) bond motifs is 1. The summed E-state index contributed by atoms with van der Waals surface area (Å²) in [5.74, 6) is 3.66. The van der Waals surface area contributed by atoms with E-state index >= 15 is 0 Å². The normalized spacial score (nSPS) is 13.2. The zero-order valence-electron chi connectivity index (χ0n) is 30.0. The van der Waals surface area contributed by atoms with Gasteiger partial charge < -0.3 is 34.1 Å². The Morgan fingerprint density at radius 2 is 1.84 bits per heavy atom. The number of unbranched alkanes of at least 4 members (excludes halogenated alkanes) is 1. The van der Waals surface area contributed by atoms with Crippen molar-refractivity contribution < 1.29 is 23.9 Å². The smallest absolute Gasteiger partial charge is 0.260 e. The van der Waals surface area contributed by atoms with Crippen LogP contribution in [0, 0.1) is 13.8 Å². The Hall–Kier alpha value is -5.12. The van der Waals surface area contributed by atoms with Crippen molar-refractivity contribution in [3.63, 3.8) is 0 Å². The van der Waals surface area contributed by atoms with Gasteiger partial charge in [-0.05, 0) is 82.5 Å². The number of methoxy groups -OCH3 is 1. The summed E-state index contributed by atoms with van der Waals surface area (Å²) in [5, 5.41) is 2.74. The molecule has 1 aromatic heterocycles. The standard InChI is InChI=1S/C39H48N6O5/c1-7-18-45-28(3)41-36-30(12-10-13-34(36)45)31-15-16-32(37(40-26-47)38(31)49-6)39(48)43(5)33-17-14-27(2)24-35(33)50-23-9-8-11-29(25-46)44-21-19-42(4)20-22-44/h10,12-17,24,26H,7-9,11,18-23H2,1-6H3,(H,40,47). The number of likely N-dealkylation sites (N-methyl/N-ethyl adjacent to an activating group) is 1. The first kappa shape index (κ1) is 36.2. The Morgan fingerprint density at radius 3 is 2.54 bits per heavy atom. The molecule has 1 aliphatic rings. The third-order valence-electron chi connectivity index (χ3n) is 9.35. The number of piperazine rings is 1. The van der Waals surface area contributed by atoms with Gasteiger partial charge in [-0.15, -0.1) is 0 Å². The highest BCUT2D eigenvalue weighted by Gasteiger charge is 2.26. The third kappa shape index (κ3) is 7.69. The van der Waals surface area contributed by atoms with Crippen LogP contribution in [0.5, 0.6) is 11.5 Å². The van der Waals surface area contributed by atoms with Gasteiger partial charge in [0.2, 0.25) is 6.41 Å². The monoisotopic (exact) mass is 680 g/mol. The SMILES string of the molecule is CCCn1c(C)nc2c(-c3ccc(C(=O)N(C)c4ccc(C)cc4OCCCCC(=C=O)N4CCN(C)CC4)c(NC=O)c3OC)cccc21. The Labute approximate surface area is 294 Å². The van der Waals surface area contributed by atoms with E-state index in [2.05, 4.69) is 39.6 Å². The van der Waals surface area contributed by atoms with Gasteiger partial charge in [0.1, 0.15) is 17.5 Å². The lowest BCUT2D eigenvalue weighted by Gasteiger charge is -2.34. The van der Waals surface area contributed by atoms with Crippen LogP contribution in [0.1, 0.15) is 54.4 Å². The second-order valence-corrected chi connectivity index (χ2v) is 12.8. The molecule has 0 saturated carbocycles. The van der Waals surface area contributed by atoms with E-state index in [1.54, 1.807) is 13.1 Å². The zero-order chi connectivity index (χ0) is 35.8. The highest BCUT2D eigenvalue weighted by atomic mass is 16.5. The van der Waals surface area contributed by atoms with Gasteiger partial charge in [0.25, 0.3) is 5.91 Å². The number of imidazole rings is 1. The van der Waals surface area contributed by atoms with E-state index in [0.29, 0.717) is 42.2 Å². The number of hydrogen-bond donors (Lipinski definition) is 1. The summed E-state index contributed by atoms with van der Waals surface area (Å²) in [7, 11) is 5.30. The van der Waals surface area contributed by atoms with E-state index in [1.807, 2.05) is 56.3 Å². The lowest BCUT2D eigenvalue weighted by atomic mass is 9.98. The van der Waals surface area contributed by atoms with Crippen LogP contribution >= 0.6 is 0 Å². The number of allylic oxidation sites excluding steroid dienone is 1. The molecule has 5 rings (SSSR count). The number of anilines is 2. The molecular weight excluding hydrogens is 632 g/mol. The Kier molecular flexibility index (Phi) is 12.0. The summed E-state index contributed by atoms with van der Waals surface area (Å²) < 4.78 is 14.3. The fourth-order valence-electron chi connectivity index (χ4n) is 6.60. The first-order valence-electron chi connectivity index (χ1n) is 17.3. The second-order valence-electron chi connectivity index (χ2n) is 12.8. The molecule has 0 radical (unpaired) electrons. The Morgan fingerprint density at radius 1 is 1.06 bits per heavy atom. The number of aryl methyl sites for hydroxylation is 3. The molecule has 4 aromatic rings. The Balaban J connectivity index is 1.37. The maximum Gasteiger partial charge on any atom is 0.260 e. The minimum Gasteiger partial charge on any atom is -0.494 e. The van der Waals surface area contributed by atoms with Crippen molar-refractivity contribution >= 4 is 40.7 Å². The molecule has 1 N–H and O–H groups in total. The molecule has 3 aromatic carbocycles. The van der Waals surface area contributed by atoms with Crippen LogP contribution in [-0.4, -0.2) is 91.6 Å². The summed E-state index contributed by atoms with van der Waals surface area (Å²) >= 11 is 0. The number of hydrogen-bond acceptors (Lipinski definition) is 8. The maximum absolute atomic E-state index is 14.2. The molecular formula is C39H48N6O5. The van der Waals surface area contributed by atoms with Crippen molar-refractivity contribution in [2.45, 2.75) is 53.0 Å². The number of carbonyl (C=O) groups is 2. The molecule has 2 heterocycles. The molecule has 264 valence electrons. The first-order chi connectivity index (χ1) is 24.2. The largest absolute Gasteiger partial charge is 0.494 e. The highest BCUT2D eigenvalue weighted by Crippen LogP contribution is 2.42. The molecule has 1 aliphatic heterocycles. The van der Waals surface area contributed by atoms with E-state index < -0.39 is 0 Å². The summed E-state index contributed by atoms with van der Waals surface area (Å²) in [6, 6.07) is 15.3. The average Bonchev–Trinajstić information content (AvgIpc) is 3.44. The molecule has 1 saturated heterocycles. The summed E-state index contributed by atoms with van der Waals surface area (Å²) in [6.07, 6.45) is 3.69. The van der Waals surface area contributed by atoms with Crippen LogP contribution in [0.15, 0.2) is 54.2 Å². The van der Waals surface area contributed by atoms with E-state index in [0.717, 1.165) is 85.7 Å². The minimum absolute atomic E-state index is 0.267. The summed E-state index contributed by atoms with van der Waals surface area (Å²) in [5.41, 5.74) is 6.23. The molecule has 0 spiro atoms. The van der Waals surface area contributed by atoms with Gasteiger partial charge in [-0.2, -0.15) is 0 Å². The molecule has 50 heavy (non-hydrogen) atoms. The number of para-hydroxylation sites is 1. The molecule has 1 fully saturated rings. The number of nitrogens with one attached hydrogen (secondary N) is 1. The van der Waals surface area contributed by atoms with Crippen molar-refractivity contribution in [1.82, 2.24) is 19.4 Å². The Bertz CT molecular complexity index is 1890. The summed E-state index contributed by atoms with van der Waals surface area (Å²) in [4.78, 5) is 48.5. The predicted molar refractivity (Wildman–Crippen MR) is 198 cm³/mol. The van der Waals surface area contributed by atoms with Crippen LogP contribution < -0.4 is 19.7 Å². The molecule has 0 bridgehead atoms. The van der Waals surface area contributed by atoms with E-state index in [4.69, 9.17) is 14.5 Å². The highest BCUT2D eigenvalue weighted by molar-refractivity contribution is 6.13. The first-order valence-corrected chi connectivity index (χ1v) is 17.3. The van der Waals surface area contributed by atoms with Crippen LogP contribution in [-0.2, 0) is 16.1 Å². The number of rotatable bonds is 15. The minimum atomic E-state index is -0.345. The van der Waals surface area contributed by atoms with Gasteiger partial charge in [0.05, 0.1) is 47.4 Å². The fraction of sp³-hybridized carbons (Fsp3) is 0.410. The van der Waals surface area contributed by atoms with E-state index in [9.17, 15) is 14.4 Å². The van der Waals surface area contributed by atoms with E-state index in [-0.39, 0.29) is 17.2 Å². The number of aromatic nitrogens is 2. The second kappa shape index (κ2) is 16.5. The molecule has 2 amide bonds. The van der Waals surface area contributed by atoms with Gasteiger partial charge >= 0.3 is 0 Å². The van der Waals surface area contributed by atoms with E-state index in [1.165, 1.54) is 12.0 Å². The van der Waals surface area contributed by atoms with Gasteiger partial charge in [-0.25, -0.2) is 9.78 Å². The van der Waals surface area contributed by atoms with Crippen LogP contribution in [0.25, 0.3) is 22.2 Å². The van der Waals surface area contributed by atoms with Crippen LogP contribution in [0.2, 0.25) is 0 Å². The topological polar surface area (TPSA) is 109 Å². The van der Waals surface area contributed by atoms with Crippen molar-refractivity contribution in [2.24, 2.45) is 0 Å². The van der Waals surface area contributed by atoms with Gasteiger partial charge in [-0.1, -0.05) is 25.1 Å². The fourth-order valence-corrected chi connectivity index (χ4v) is 6.60. The third-order valence-corrected chi connectivity index (χ3v) is 9.35. The van der Waals surface area contributed by atoms with Crippen molar-refractivity contribution in [2.75, 3.05) is 64.2 Å². The number of carbonyl (C=O) groups excluding carboxylic acids is 3. The molecule has 11 heteroatoms. The molecule has 0 unspecified atom stereocenters. The van der Waals surface area contributed by atoms with Crippen LogP contribution in [0.3, 0.4) is 0 Å². The van der Waals surface area contributed by atoms with Crippen molar-refractivity contribution in [3.05, 3.63) is 71.2 Å². The van der Waals surface area contributed by atoms with Gasteiger partial charge in [0, 0.05) is 50.9 Å². The quantitative estimate of drug-likeness (QED) is 0.0913. The molecule has 11 nitrogen and oxygen atoms in total. The summed E-state index contributed by atoms with van der Waals surface area (Å²) in [6.45, 7) is 10.9. The predicted octanol–water partition coefficient (Wildman–Crippen LogP) is 6.10. The number of ether oxygens (including phenoxy) is 2. The van der Waals surface area contributed by atoms with Gasteiger partial charge in [0.15, 0.2) is 5.75 Å². The number of amides is 2. The maximum atomic E-state index is 14.2. The lowest BCUT2D eigenvalue weighted by Crippen LogP contribution is -2.44. The van der Waals surface area contributed by atoms with Crippen molar-refractivity contribution in [1.29, 1.82) is 0 Å². The van der Waals surface area contributed by atoms with Crippen LogP contribution in [0.4, 0.5) is 11.4 Å². The lowest BCUT2D eigenvalue weighted by molar-refractivity contribution is -0.105. The van der Waals surface area contributed by atoms with Crippen molar-refractivity contribution in [3.8, 4) is 22.6 Å². The number of nitrogens with zero attached hydrogens (tertiary/aromatic N) is 5. The molecule has 0 aliphatic carbocycles. The number of benzene rings is 3. The average molecular weight is 681 g/mol.